The minimum Gasteiger partial charge on any atom is -0.256 e. The average Bonchev–Trinajstić information content (AvgIpc) is 2.58. The molecule has 26 heavy (non-hydrogen) atoms. The minimum atomic E-state index is -1.73. The van der Waals surface area contributed by atoms with Crippen LogP contribution in [0.2, 0.25) is 19.6 Å². The Labute approximate surface area is 167 Å². The third kappa shape index (κ3) is 6.09. The van der Waals surface area contributed by atoms with Gasteiger partial charge in [-0.05, 0) is 40.8 Å². The second-order valence-corrected chi connectivity index (χ2v) is 15.3. The van der Waals surface area contributed by atoms with Gasteiger partial charge in [-0.3, -0.25) is 4.98 Å². The van der Waals surface area contributed by atoms with Crippen molar-refractivity contribution >= 4 is 13.3 Å². The number of aromatic nitrogens is 1. The highest BCUT2D eigenvalue weighted by Crippen LogP contribution is 2.30. The van der Waals surface area contributed by atoms with Crippen LogP contribution in [0, 0.1) is 10.8 Å². The van der Waals surface area contributed by atoms with Crippen molar-refractivity contribution in [3.8, 4) is 11.3 Å². The predicted octanol–water partition coefficient (Wildman–Crippen LogP) is 6.47. The zero-order valence-electron chi connectivity index (χ0n) is 21.9. The van der Waals surface area contributed by atoms with E-state index >= 15 is 0 Å². The Bertz CT molecular complexity index is 899. The summed E-state index contributed by atoms with van der Waals surface area (Å²) >= 11 is 0. The molecule has 2 rings (SSSR count). The molecule has 0 saturated carbocycles. The van der Waals surface area contributed by atoms with E-state index in [0.717, 1.165) is 5.56 Å². The maximum absolute atomic E-state index is 8.90. The van der Waals surface area contributed by atoms with Crippen LogP contribution >= 0.6 is 0 Å². The Morgan fingerprint density at radius 3 is 1.81 bits per heavy atom. The third-order valence-electron chi connectivity index (χ3n) is 3.97. The highest BCUT2D eigenvalue weighted by Gasteiger charge is 2.20. The number of nitrogens with zero attached hydrogens (tertiary/aromatic N) is 1. The van der Waals surface area contributed by atoms with E-state index in [-0.39, 0.29) is 0 Å². The molecule has 0 unspecified atom stereocenters. The Balaban J connectivity index is 2.73. The van der Waals surface area contributed by atoms with Crippen LogP contribution in [0.15, 0.2) is 36.5 Å². The Morgan fingerprint density at radius 2 is 1.35 bits per heavy atom. The van der Waals surface area contributed by atoms with Crippen molar-refractivity contribution in [3.05, 3.63) is 47.7 Å². The second-order valence-electron chi connectivity index (χ2n) is 10.2. The lowest BCUT2D eigenvalue weighted by molar-refractivity contribution is 0.392. The lowest BCUT2D eigenvalue weighted by atomic mass is 9.81. The van der Waals surface area contributed by atoms with Gasteiger partial charge in [-0.2, -0.15) is 0 Å². The van der Waals surface area contributed by atoms with E-state index in [1.165, 1.54) is 5.19 Å². The highest BCUT2D eigenvalue weighted by molar-refractivity contribution is 6.88. The Hall–Kier alpha value is -1.41. The molecule has 2 aromatic rings. The molecule has 0 fully saturated rings. The molecule has 142 valence electrons. The van der Waals surface area contributed by atoms with Crippen molar-refractivity contribution in [1.82, 2.24) is 4.98 Å². The third-order valence-corrected chi connectivity index (χ3v) is 6.04. The summed E-state index contributed by atoms with van der Waals surface area (Å²) < 4.78 is 35.4. The van der Waals surface area contributed by atoms with Gasteiger partial charge in [0.05, 0.1) is 13.8 Å². The molecule has 1 aromatic heterocycles. The van der Waals surface area contributed by atoms with Crippen LogP contribution in [0.25, 0.3) is 11.3 Å². The predicted molar refractivity (Wildman–Crippen MR) is 119 cm³/mol. The first-order valence-corrected chi connectivity index (χ1v) is 12.9. The van der Waals surface area contributed by atoms with Gasteiger partial charge >= 0.3 is 0 Å². The van der Waals surface area contributed by atoms with E-state index < -0.39 is 31.6 Å². The average molecular weight is 372 g/mol. The number of benzene rings is 1. The van der Waals surface area contributed by atoms with Gasteiger partial charge in [-0.25, -0.2) is 0 Å². The summed E-state index contributed by atoms with van der Waals surface area (Å²) in [7, 11) is -1.41. The van der Waals surface area contributed by atoms with Crippen molar-refractivity contribution in [1.29, 1.82) is 0 Å². The summed E-state index contributed by atoms with van der Waals surface area (Å²) in [6.07, 6.45) is -1.91. The van der Waals surface area contributed by atoms with Gasteiger partial charge in [0.2, 0.25) is 0 Å². The zero-order chi connectivity index (χ0) is 23.3. The molecule has 2 heteroatoms. The van der Waals surface area contributed by atoms with E-state index in [2.05, 4.69) is 36.8 Å². The largest absolute Gasteiger partial charge is 0.256 e. The van der Waals surface area contributed by atoms with Gasteiger partial charge < -0.3 is 0 Å². The molecule has 1 aromatic carbocycles. The van der Waals surface area contributed by atoms with Gasteiger partial charge in [-0.1, -0.05) is 90.6 Å². The van der Waals surface area contributed by atoms with E-state index in [0.29, 0.717) is 16.8 Å². The van der Waals surface area contributed by atoms with Gasteiger partial charge in [0.1, 0.15) is 0 Å². The lowest BCUT2D eigenvalue weighted by Gasteiger charge is -2.25. The van der Waals surface area contributed by atoms with Crippen LogP contribution in [0.3, 0.4) is 0 Å². The van der Waals surface area contributed by atoms with Gasteiger partial charge in [0, 0.05) is 17.2 Å². The standard InChI is InChI=1S/C24H37NSi/c1-23(2,3)15-19-14-22(25-17-20(19)16-24(4,5)6)18-10-12-21(13-11-18)26(7,8)9/h10-14,17H,15-16H2,1-9H3/i15D2,16D2. The first-order chi connectivity index (χ1) is 13.3. The molecule has 0 saturated heterocycles. The van der Waals surface area contributed by atoms with Crippen LogP contribution in [-0.2, 0) is 12.7 Å². The number of rotatable bonds is 4. The first-order valence-electron chi connectivity index (χ1n) is 11.4. The van der Waals surface area contributed by atoms with Crippen LogP contribution in [0.4, 0.5) is 0 Å². The fraction of sp³-hybridized carbons (Fsp3) is 0.542. The maximum atomic E-state index is 8.90. The fourth-order valence-electron chi connectivity index (χ4n) is 2.77. The molecule has 0 aliphatic carbocycles. The summed E-state index contributed by atoms with van der Waals surface area (Å²) in [4.78, 5) is 4.58. The molecule has 0 aliphatic heterocycles. The van der Waals surface area contributed by atoms with E-state index in [1.54, 1.807) is 12.3 Å². The summed E-state index contributed by atoms with van der Waals surface area (Å²) in [5.41, 5.74) is 0.916. The molecule has 0 aliphatic rings. The van der Waals surface area contributed by atoms with Crippen LogP contribution < -0.4 is 5.19 Å². The molecule has 0 atom stereocenters. The van der Waals surface area contributed by atoms with E-state index in [4.69, 9.17) is 5.48 Å². The fourth-order valence-corrected chi connectivity index (χ4v) is 3.93. The molecule has 0 spiro atoms. The van der Waals surface area contributed by atoms with Crippen LogP contribution in [-0.4, -0.2) is 13.1 Å². The molecule has 0 radical (unpaired) electrons. The minimum absolute atomic E-state index is 0.331. The van der Waals surface area contributed by atoms with Crippen LogP contribution in [0.1, 0.15) is 58.2 Å². The maximum Gasteiger partial charge on any atom is 0.0775 e. The normalized spacial score (nSPS) is 16.5. The summed E-state index contributed by atoms with van der Waals surface area (Å²) in [6.45, 7) is 18.0. The van der Waals surface area contributed by atoms with Crippen molar-refractivity contribution in [2.24, 2.45) is 10.8 Å². The first kappa shape index (κ1) is 15.6. The van der Waals surface area contributed by atoms with E-state index in [1.807, 2.05) is 53.7 Å². The van der Waals surface area contributed by atoms with Crippen molar-refractivity contribution in [2.45, 2.75) is 73.9 Å². The molecule has 1 heterocycles. The SMILES string of the molecule is [2H]C([2H])(c1cnc(-c2ccc([Si](C)(C)C)cc2)cc1C([2H])([2H])C(C)(C)C)C(C)(C)C. The molecule has 0 amide bonds. The van der Waals surface area contributed by atoms with Gasteiger partial charge in [0.25, 0.3) is 0 Å². The molecular weight excluding hydrogens is 330 g/mol. The number of pyridine rings is 1. The summed E-state index contributed by atoms with van der Waals surface area (Å²) in [6, 6.07) is 10.1. The highest BCUT2D eigenvalue weighted by atomic mass is 28.3. The Morgan fingerprint density at radius 1 is 0.846 bits per heavy atom. The molecule has 0 N–H and O–H groups in total. The molecular formula is C24H37NSi. The summed E-state index contributed by atoms with van der Waals surface area (Å²) in [5.74, 6) is 0. The smallest absolute Gasteiger partial charge is 0.0775 e. The quantitative estimate of drug-likeness (QED) is 0.561. The Kier molecular flexibility index (Phi) is 4.39. The van der Waals surface area contributed by atoms with Crippen molar-refractivity contribution in [2.75, 3.05) is 0 Å². The number of hydrogen-bond donors (Lipinski definition) is 0. The monoisotopic (exact) mass is 371 g/mol. The van der Waals surface area contributed by atoms with Gasteiger partial charge in [0.15, 0.2) is 0 Å². The van der Waals surface area contributed by atoms with Gasteiger partial charge in [-0.15, -0.1) is 0 Å². The van der Waals surface area contributed by atoms with Crippen molar-refractivity contribution < 1.29 is 5.48 Å². The zero-order valence-corrected chi connectivity index (χ0v) is 18.9. The van der Waals surface area contributed by atoms with Crippen molar-refractivity contribution in [3.63, 3.8) is 0 Å². The molecule has 1 nitrogen and oxygen atoms in total. The molecule has 0 bridgehead atoms. The summed E-state index contributed by atoms with van der Waals surface area (Å²) in [5, 5.41) is 1.36. The lowest BCUT2D eigenvalue weighted by Crippen LogP contribution is -2.37. The second kappa shape index (κ2) is 7.30. The number of hydrogen-bond acceptors (Lipinski definition) is 1. The van der Waals surface area contributed by atoms with Crippen LogP contribution in [0.5, 0.6) is 0 Å². The van der Waals surface area contributed by atoms with E-state index in [9.17, 15) is 0 Å². The topological polar surface area (TPSA) is 12.9 Å².